The van der Waals surface area contributed by atoms with E-state index in [-0.39, 0.29) is 5.41 Å². The molecule has 0 radical (unpaired) electrons. The third-order valence-electron chi connectivity index (χ3n) is 4.25. The molecule has 1 aromatic heterocycles. The molecular formula is C15H26N2S. The normalized spacial score (nSPS) is 22.3. The van der Waals surface area contributed by atoms with Crippen LogP contribution in [-0.2, 0) is 5.41 Å². The summed E-state index contributed by atoms with van der Waals surface area (Å²) >= 11 is 1.63. The first-order chi connectivity index (χ1) is 8.71. The second-order valence-electron chi connectivity index (χ2n) is 6.04. The van der Waals surface area contributed by atoms with Gasteiger partial charge in [0.2, 0.25) is 0 Å². The Labute approximate surface area is 115 Å². The molecule has 0 bridgehead atoms. The van der Waals surface area contributed by atoms with E-state index in [4.69, 9.17) is 0 Å². The number of aromatic nitrogens is 2. The molecule has 2 rings (SSSR count). The highest BCUT2D eigenvalue weighted by atomic mass is 32.1. The minimum atomic E-state index is 0.288. The summed E-state index contributed by atoms with van der Waals surface area (Å²) in [6, 6.07) is 0. The van der Waals surface area contributed by atoms with Crippen LogP contribution in [0.1, 0.15) is 82.0 Å². The largest absolute Gasteiger partial charge is 0.224 e. The van der Waals surface area contributed by atoms with Crippen molar-refractivity contribution >= 4 is 11.5 Å². The predicted molar refractivity (Wildman–Crippen MR) is 78.2 cm³/mol. The van der Waals surface area contributed by atoms with Gasteiger partial charge in [-0.25, -0.2) is 4.98 Å². The van der Waals surface area contributed by atoms with Gasteiger partial charge in [-0.1, -0.05) is 58.3 Å². The number of rotatable bonds is 1. The summed E-state index contributed by atoms with van der Waals surface area (Å²) in [5.41, 5.74) is 0.288. The average molecular weight is 266 g/mol. The Morgan fingerprint density at radius 3 is 1.83 bits per heavy atom. The van der Waals surface area contributed by atoms with Crippen LogP contribution in [0.15, 0.2) is 0 Å². The van der Waals surface area contributed by atoms with Crippen molar-refractivity contribution in [1.82, 2.24) is 9.36 Å². The lowest BCUT2D eigenvalue weighted by atomic mass is 9.80. The fourth-order valence-corrected chi connectivity index (χ4v) is 3.83. The average Bonchev–Trinajstić information content (AvgIpc) is 2.76. The zero-order valence-corrected chi connectivity index (χ0v) is 12.7. The van der Waals surface area contributed by atoms with Gasteiger partial charge in [0.1, 0.15) is 10.8 Å². The summed E-state index contributed by atoms with van der Waals surface area (Å²) < 4.78 is 4.38. The summed E-state index contributed by atoms with van der Waals surface area (Å²) in [6.45, 7) is 4.42. The fraction of sp³-hybridized carbons (Fsp3) is 0.867. The predicted octanol–water partition coefficient (Wildman–Crippen LogP) is 5.02. The Morgan fingerprint density at radius 2 is 1.39 bits per heavy atom. The van der Waals surface area contributed by atoms with Crippen LogP contribution < -0.4 is 0 Å². The number of hydrogen-bond donors (Lipinski definition) is 0. The van der Waals surface area contributed by atoms with Crippen LogP contribution in [0, 0.1) is 6.92 Å². The maximum Gasteiger partial charge on any atom is 0.139 e. The summed E-state index contributed by atoms with van der Waals surface area (Å²) in [6.07, 6.45) is 13.8. The number of aryl methyl sites for hydroxylation is 1. The number of nitrogens with zero attached hydrogens (tertiary/aromatic N) is 2. The highest BCUT2D eigenvalue weighted by Gasteiger charge is 2.29. The van der Waals surface area contributed by atoms with Gasteiger partial charge in [0.15, 0.2) is 0 Å². The number of hydrogen-bond acceptors (Lipinski definition) is 3. The van der Waals surface area contributed by atoms with Crippen molar-refractivity contribution < 1.29 is 0 Å². The monoisotopic (exact) mass is 266 g/mol. The Kier molecular flexibility index (Phi) is 5.16. The van der Waals surface area contributed by atoms with Crippen molar-refractivity contribution in [3.63, 3.8) is 0 Å². The summed E-state index contributed by atoms with van der Waals surface area (Å²) in [4.78, 5) is 4.66. The molecule has 1 aliphatic carbocycles. The van der Waals surface area contributed by atoms with E-state index in [0.29, 0.717) is 0 Å². The molecule has 2 nitrogen and oxygen atoms in total. The highest BCUT2D eigenvalue weighted by molar-refractivity contribution is 7.05. The van der Waals surface area contributed by atoms with Crippen molar-refractivity contribution in [1.29, 1.82) is 0 Å². The third-order valence-corrected chi connectivity index (χ3v) is 5.36. The Bertz CT molecular complexity index is 347. The van der Waals surface area contributed by atoms with Gasteiger partial charge in [0, 0.05) is 5.41 Å². The van der Waals surface area contributed by atoms with Gasteiger partial charge < -0.3 is 0 Å². The van der Waals surface area contributed by atoms with Crippen LogP contribution in [0.2, 0.25) is 0 Å². The minimum Gasteiger partial charge on any atom is -0.224 e. The first kappa shape index (κ1) is 14.0. The maximum absolute atomic E-state index is 4.66. The first-order valence-electron chi connectivity index (χ1n) is 7.51. The molecule has 0 atom stereocenters. The van der Waals surface area contributed by atoms with Gasteiger partial charge in [-0.3, -0.25) is 0 Å². The Balaban J connectivity index is 2.05. The first-order valence-corrected chi connectivity index (χ1v) is 8.29. The Morgan fingerprint density at radius 1 is 0.889 bits per heavy atom. The molecule has 0 aliphatic heterocycles. The van der Waals surface area contributed by atoms with E-state index in [1.807, 2.05) is 6.92 Å². The van der Waals surface area contributed by atoms with Crippen LogP contribution in [0.5, 0.6) is 0 Å². The van der Waals surface area contributed by atoms with E-state index in [0.717, 1.165) is 5.82 Å². The molecule has 0 spiro atoms. The maximum atomic E-state index is 4.66. The fourth-order valence-electron chi connectivity index (χ4n) is 2.97. The van der Waals surface area contributed by atoms with E-state index in [2.05, 4.69) is 16.3 Å². The minimum absolute atomic E-state index is 0.288. The second kappa shape index (κ2) is 6.65. The van der Waals surface area contributed by atoms with Crippen LogP contribution in [0.25, 0.3) is 0 Å². The van der Waals surface area contributed by atoms with E-state index in [1.54, 1.807) is 11.5 Å². The van der Waals surface area contributed by atoms with Crippen molar-refractivity contribution in [3.05, 3.63) is 10.8 Å². The lowest BCUT2D eigenvalue weighted by Gasteiger charge is -2.27. The van der Waals surface area contributed by atoms with Gasteiger partial charge in [0.25, 0.3) is 0 Å². The summed E-state index contributed by atoms with van der Waals surface area (Å²) in [5, 5.41) is 1.28. The van der Waals surface area contributed by atoms with Crippen molar-refractivity contribution in [2.24, 2.45) is 0 Å². The molecule has 102 valence electrons. The topological polar surface area (TPSA) is 25.8 Å². The molecule has 1 aromatic rings. The van der Waals surface area contributed by atoms with Gasteiger partial charge in [-0.2, -0.15) is 4.37 Å². The van der Waals surface area contributed by atoms with Crippen molar-refractivity contribution in [2.75, 3.05) is 0 Å². The van der Waals surface area contributed by atoms with E-state index in [9.17, 15) is 0 Å². The van der Waals surface area contributed by atoms with Crippen LogP contribution in [-0.4, -0.2) is 9.36 Å². The van der Waals surface area contributed by atoms with Crippen LogP contribution >= 0.6 is 11.5 Å². The Hall–Kier alpha value is -0.440. The van der Waals surface area contributed by atoms with Gasteiger partial charge in [0.05, 0.1) is 0 Å². The molecule has 0 amide bonds. The molecule has 0 saturated heterocycles. The molecule has 1 saturated carbocycles. The second-order valence-corrected chi connectivity index (χ2v) is 6.79. The third kappa shape index (κ3) is 3.78. The molecule has 0 aromatic carbocycles. The van der Waals surface area contributed by atoms with Crippen LogP contribution in [0.3, 0.4) is 0 Å². The van der Waals surface area contributed by atoms with Gasteiger partial charge in [-0.15, -0.1) is 0 Å². The summed E-state index contributed by atoms with van der Waals surface area (Å²) in [5.74, 6) is 0.950. The van der Waals surface area contributed by atoms with Gasteiger partial charge in [-0.05, 0) is 31.3 Å². The zero-order chi connectivity index (χ0) is 12.8. The van der Waals surface area contributed by atoms with E-state index < -0.39 is 0 Å². The van der Waals surface area contributed by atoms with Crippen molar-refractivity contribution in [2.45, 2.75) is 83.5 Å². The molecule has 0 unspecified atom stereocenters. The molecule has 18 heavy (non-hydrogen) atoms. The van der Waals surface area contributed by atoms with Crippen LogP contribution in [0.4, 0.5) is 0 Å². The molecule has 1 aliphatic rings. The van der Waals surface area contributed by atoms with E-state index >= 15 is 0 Å². The summed E-state index contributed by atoms with van der Waals surface area (Å²) in [7, 11) is 0. The molecule has 1 heterocycles. The highest BCUT2D eigenvalue weighted by Crippen LogP contribution is 2.36. The quantitative estimate of drug-likeness (QED) is 0.713. The smallest absolute Gasteiger partial charge is 0.139 e. The van der Waals surface area contributed by atoms with Gasteiger partial charge >= 0.3 is 0 Å². The zero-order valence-electron chi connectivity index (χ0n) is 11.9. The SMILES string of the molecule is Cc1nsc(C2(C)CCCCCCCCCC2)n1. The molecular weight excluding hydrogens is 240 g/mol. The molecule has 3 heteroatoms. The lowest BCUT2D eigenvalue weighted by molar-refractivity contribution is 0.368. The lowest BCUT2D eigenvalue weighted by Crippen LogP contribution is -2.22. The molecule has 0 N–H and O–H groups in total. The van der Waals surface area contributed by atoms with Crippen molar-refractivity contribution in [3.8, 4) is 0 Å². The standard InChI is InChI=1S/C15H26N2S/c1-13-16-14(18-17-13)15(2)11-9-7-5-3-4-6-8-10-12-15/h3-12H2,1-2H3. The molecule has 1 fully saturated rings. The van der Waals surface area contributed by atoms with E-state index in [1.165, 1.54) is 69.2 Å².